The maximum atomic E-state index is 5.77. The van der Waals surface area contributed by atoms with Crippen LogP contribution in [0.15, 0.2) is 60.7 Å². The lowest BCUT2D eigenvalue weighted by Gasteiger charge is -2.05. The highest BCUT2D eigenvalue weighted by molar-refractivity contribution is 5.84. The van der Waals surface area contributed by atoms with Gasteiger partial charge < -0.3 is 4.74 Å². The summed E-state index contributed by atoms with van der Waals surface area (Å²) in [6.07, 6.45) is 9.96. The van der Waals surface area contributed by atoms with Gasteiger partial charge in [-0.15, -0.1) is 0 Å². The van der Waals surface area contributed by atoms with Gasteiger partial charge in [0.05, 0.1) is 6.61 Å². The number of unbranched alkanes of at least 4 members (excludes halogenated alkanes) is 5. The van der Waals surface area contributed by atoms with E-state index >= 15 is 0 Å². The van der Waals surface area contributed by atoms with E-state index < -0.39 is 0 Å². The van der Waals surface area contributed by atoms with Crippen LogP contribution in [-0.4, -0.2) is 6.61 Å². The zero-order valence-corrected chi connectivity index (χ0v) is 18.5. The Bertz CT molecular complexity index is 973. The van der Waals surface area contributed by atoms with E-state index in [0.717, 1.165) is 29.9 Å². The van der Waals surface area contributed by atoms with E-state index in [1.165, 1.54) is 61.3 Å². The Labute approximate surface area is 182 Å². The number of ether oxygens (including phenoxy) is 1. The van der Waals surface area contributed by atoms with Crippen molar-refractivity contribution in [2.24, 2.45) is 0 Å². The van der Waals surface area contributed by atoms with Crippen LogP contribution in [0.2, 0.25) is 0 Å². The second kappa shape index (κ2) is 12.1. The van der Waals surface area contributed by atoms with Crippen LogP contribution in [0.25, 0.3) is 10.8 Å². The molecule has 3 rings (SSSR count). The molecule has 1 nitrogen and oxygen atoms in total. The average Bonchev–Trinajstić information content (AvgIpc) is 2.79. The van der Waals surface area contributed by atoms with Crippen LogP contribution in [0, 0.1) is 11.8 Å². The lowest BCUT2D eigenvalue weighted by molar-refractivity contribution is 0.306. The molecule has 0 amide bonds. The molecule has 0 N–H and O–H groups in total. The predicted octanol–water partition coefficient (Wildman–Crippen LogP) is 7.93. The molecule has 0 atom stereocenters. The number of benzene rings is 3. The number of hydrogen-bond acceptors (Lipinski definition) is 1. The fourth-order valence-electron chi connectivity index (χ4n) is 3.61. The summed E-state index contributed by atoms with van der Waals surface area (Å²) in [5.74, 6) is 7.50. The van der Waals surface area contributed by atoms with Crippen molar-refractivity contribution in [2.45, 2.75) is 65.2 Å². The van der Waals surface area contributed by atoms with Crippen LogP contribution >= 0.6 is 0 Å². The standard InChI is InChI=1S/C29H34O/c1-3-5-7-8-10-25-13-17-28-23-26(14-18-27(28)22-25)12-11-24-15-19-29(20-16-24)30-21-9-6-4-2/h13-20,22-23H,3-10,21H2,1-2H3. The van der Waals surface area contributed by atoms with Gasteiger partial charge in [-0.1, -0.05) is 82.1 Å². The van der Waals surface area contributed by atoms with E-state index in [9.17, 15) is 0 Å². The van der Waals surface area contributed by atoms with Crippen molar-refractivity contribution in [3.63, 3.8) is 0 Å². The monoisotopic (exact) mass is 398 g/mol. The Hall–Kier alpha value is -2.72. The van der Waals surface area contributed by atoms with E-state index in [4.69, 9.17) is 4.74 Å². The fourth-order valence-corrected chi connectivity index (χ4v) is 3.61. The van der Waals surface area contributed by atoms with Gasteiger partial charge in [0.15, 0.2) is 0 Å². The molecule has 0 spiro atoms. The molecule has 0 unspecified atom stereocenters. The van der Waals surface area contributed by atoms with E-state index in [1.807, 2.05) is 24.3 Å². The Balaban J connectivity index is 1.60. The Morgan fingerprint density at radius 2 is 1.30 bits per heavy atom. The highest BCUT2D eigenvalue weighted by Gasteiger charge is 1.99. The maximum absolute atomic E-state index is 5.77. The molecule has 0 aliphatic carbocycles. The van der Waals surface area contributed by atoms with E-state index in [2.05, 4.69) is 62.1 Å². The van der Waals surface area contributed by atoms with Crippen LogP contribution < -0.4 is 4.74 Å². The Morgan fingerprint density at radius 3 is 2.10 bits per heavy atom. The first-order chi connectivity index (χ1) is 14.8. The first kappa shape index (κ1) is 22.0. The third kappa shape index (κ3) is 6.96. The third-order valence-electron chi connectivity index (χ3n) is 5.45. The lowest BCUT2D eigenvalue weighted by atomic mass is 10.0. The van der Waals surface area contributed by atoms with Gasteiger partial charge in [0.25, 0.3) is 0 Å². The minimum Gasteiger partial charge on any atom is -0.494 e. The smallest absolute Gasteiger partial charge is 0.119 e. The van der Waals surface area contributed by atoms with Crippen molar-refractivity contribution in [3.8, 4) is 17.6 Å². The second-order valence-corrected chi connectivity index (χ2v) is 8.04. The van der Waals surface area contributed by atoms with Gasteiger partial charge in [0.1, 0.15) is 5.75 Å². The van der Waals surface area contributed by atoms with Gasteiger partial charge in [0.2, 0.25) is 0 Å². The molecular formula is C29H34O. The van der Waals surface area contributed by atoms with Gasteiger partial charge in [-0.05, 0) is 72.0 Å². The van der Waals surface area contributed by atoms with Crippen molar-refractivity contribution in [2.75, 3.05) is 6.61 Å². The van der Waals surface area contributed by atoms with Crippen molar-refractivity contribution >= 4 is 10.8 Å². The Kier molecular flexibility index (Phi) is 8.85. The summed E-state index contributed by atoms with van der Waals surface area (Å²) in [4.78, 5) is 0. The molecular weight excluding hydrogens is 364 g/mol. The Morgan fingerprint density at radius 1 is 0.633 bits per heavy atom. The molecule has 0 aliphatic rings. The number of rotatable bonds is 10. The van der Waals surface area contributed by atoms with Crippen LogP contribution in [0.5, 0.6) is 5.75 Å². The van der Waals surface area contributed by atoms with E-state index in [0.29, 0.717) is 0 Å². The fraction of sp³-hybridized carbons (Fsp3) is 0.379. The van der Waals surface area contributed by atoms with E-state index in [1.54, 1.807) is 0 Å². The highest BCUT2D eigenvalue weighted by atomic mass is 16.5. The second-order valence-electron chi connectivity index (χ2n) is 8.04. The first-order valence-electron chi connectivity index (χ1n) is 11.6. The minimum atomic E-state index is 0.788. The molecule has 0 saturated heterocycles. The van der Waals surface area contributed by atoms with Crippen molar-refractivity contribution in [3.05, 3.63) is 77.4 Å². The molecule has 0 radical (unpaired) electrons. The predicted molar refractivity (Wildman–Crippen MR) is 129 cm³/mol. The normalized spacial score (nSPS) is 10.6. The lowest BCUT2D eigenvalue weighted by Crippen LogP contribution is -1.96. The van der Waals surface area contributed by atoms with E-state index in [-0.39, 0.29) is 0 Å². The molecule has 0 fully saturated rings. The van der Waals surface area contributed by atoms with Gasteiger partial charge in [-0.3, -0.25) is 0 Å². The molecule has 0 saturated carbocycles. The summed E-state index contributed by atoms with van der Waals surface area (Å²) in [5.41, 5.74) is 3.51. The SMILES string of the molecule is CCCCCCc1ccc2cc(C#Cc3ccc(OCCCCC)cc3)ccc2c1. The van der Waals surface area contributed by atoms with Gasteiger partial charge in [0, 0.05) is 11.1 Å². The van der Waals surface area contributed by atoms with Crippen LogP contribution in [-0.2, 0) is 6.42 Å². The molecule has 156 valence electrons. The quantitative estimate of drug-likeness (QED) is 0.249. The number of aryl methyl sites for hydroxylation is 1. The van der Waals surface area contributed by atoms with Crippen LogP contribution in [0.1, 0.15) is 75.5 Å². The number of fused-ring (bicyclic) bond motifs is 1. The zero-order valence-electron chi connectivity index (χ0n) is 18.5. The molecule has 3 aromatic rings. The molecule has 0 aromatic heterocycles. The molecule has 3 aromatic carbocycles. The van der Waals surface area contributed by atoms with Crippen molar-refractivity contribution in [1.82, 2.24) is 0 Å². The number of hydrogen-bond donors (Lipinski definition) is 0. The highest BCUT2D eigenvalue weighted by Crippen LogP contribution is 2.19. The van der Waals surface area contributed by atoms with Crippen LogP contribution in [0.3, 0.4) is 0 Å². The van der Waals surface area contributed by atoms with Gasteiger partial charge in [-0.2, -0.15) is 0 Å². The van der Waals surface area contributed by atoms with Crippen LogP contribution in [0.4, 0.5) is 0 Å². The molecule has 0 bridgehead atoms. The molecule has 0 aliphatic heterocycles. The third-order valence-corrected chi connectivity index (χ3v) is 5.45. The first-order valence-corrected chi connectivity index (χ1v) is 11.6. The summed E-state index contributed by atoms with van der Waals surface area (Å²) in [7, 11) is 0. The summed E-state index contributed by atoms with van der Waals surface area (Å²) < 4.78 is 5.77. The van der Waals surface area contributed by atoms with Gasteiger partial charge in [-0.25, -0.2) is 0 Å². The minimum absolute atomic E-state index is 0.788. The van der Waals surface area contributed by atoms with Crippen molar-refractivity contribution in [1.29, 1.82) is 0 Å². The summed E-state index contributed by atoms with van der Waals surface area (Å²) in [6.45, 7) is 5.25. The zero-order chi connectivity index (χ0) is 21.0. The topological polar surface area (TPSA) is 9.23 Å². The van der Waals surface area contributed by atoms with Gasteiger partial charge >= 0.3 is 0 Å². The molecule has 0 heterocycles. The summed E-state index contributed by atoms with van der Waals surface area (Å²) in [5, 5.41) is 2.56. The summed E-state index contributed by atoms with van der Waals surface area (Å²) in [6, 6.07) is 21.4. The maximum Gasteiger partial charge on any atom is 0.119 e. The molecule has 30 heavy (non-hydrogen) atoms. The summed E-state index contributed by atoms with van der Waals surface area (Å²) >= 11 is 0. The molecule has 1 heteroatoms. The average molecular weight is 399 g/mol. The van der Waals surface area contributed by atoms with Crippen molar-refractivity contribution < 1.29 is 4.74 Å². The largest absolute Gasteiger partial charge is 0.494 e.